The van der Waals surface area contributed by atoms with Crippen molar-refractivity contribution in [3.8, 4) is 0 Å². The summed E-state index contributed by atoms with van der Waals surface area (Å²) in [6.07, 6.45) is 0.796. The number of hydrogen-bond donors (Lipinski definition) is 2. The van der Waals surface area contributed by atoms with E-state index in [9.17, 15) is 8.42 Å². The Bertz CT molecular complexity index is 189. The second-order valence-electron chi connectivity index (χ2n) is 2.43. The van der Waals surface area contributed by atoms with Crippen LogP contribution in [-0.2, 0) is 10.2 Å². The molecule has 0 aliphatic carbocycles. The molecule has 0 rings (SSSR count). The lowest BCUT2D eigenvalue weighted by atomic mass is 10.3. The second kappa shape index (κ2) is 4.69. The summed E-state index contributed by atoms with van der Waals surface area (Å²) in [6.45, 7) is 5.93. The summed E-state index contributed by atoms with van der Waals surface area (Å²) in [7, 11) is -3.24. The van der Waals surface area contributed by atoms with Gasteiger partial charge in [-0.3, -0.25) is 0 Å². The maximum atomic E-state index is 11.0. The maximum absolute atomic E-state index is 11.0. The van der Waals surface area contributed by atoms with Gasteiger partial charge in [-0.1, -0.05) is 13.8 Å². The third-order valence-corrected chi connectivity index (χ3v) is 2.68. The van der Waals surface area contributed by atoms with Crippen LogP contribution in [0.2, 0.25) is 0 Å². The molecule has 11 heavy (non-hydrogen) atoms. The number of hydrogen-bond acceptors (Lipinski definition) is 2. The Labute approximate surface area is 68.6 Å². The van der Waals surface area contributed by atoms with E-state index in [1.165, 1.54) is 0 Å². The van der Waals surface area contributed by atoms with Crippen molar-refractivity contribution in [2.75, 3.05) is 6.54 Å². The molecular formula is C6H16N2O2S. The normalized spacial score (nSPS) is 14.8. The van der Waals surface area contributed by atoms with Crippen LogP contribution in [0.4, 0.5) is 0 Å². The molecule has 0 aromatic heterocycles. The minimum atomic E-state index is -3.24. The SMILES string of the molecule is CCNS(=O)(=O)NC(C)CC. The Morgan fingerprint density at radius 1 is 1.36 bits per heavy atom. The zero-order valence-electron chi connectivity index (χ0n) is 7.22. The van der Waals surface area contributed by atoms with E-state index in [4.69, 9.17) is 0 Å². The zero-order chi connectivity index (χ0) is 8.91. The zero-order valence-corrected chi connectivity index (χ0v) is 8.03. The van der Waals surface area contributed by atoms with Crippen molar-refractivity contribution in [1.29, 1.82) is 0 Å². The van der Waals surface area contributed by atoms with E-state index in [0.29, 0.717) is 6.54 Å². The third-order valence-electron chi connectivity index (χ3n) is 1.30. The van der Waals surface area contributed by atoms with Crippen molar-refractivity contribution >= 4 is 10.2 Å². The van der Waals surface area contributed by atoms with Crippen LogP contribution in [0.1, 0.15) is 27.2 Å². The summed E-state index contributed by atoms with van der Waals surface area (Å²) < 4.78 is 26.8. The molecule has 0 saturated heterocycles. The van der Waals surface area contributed by atoms with E-state index < -0.39 is 10.2 Å². The fourth-order valence-corrected chi connectivity index (χ4v) is 1.74. The molecule has 0 heterocycles. The van der Waals surface area contributed by atoms with E-state index in [0.717, 1.165) is 6.42 Å². The standard InChI is InChI=1S/C6H16N2O2S/c1-4-6(3)8-11(9,10)7-5-2/h6-8H,4-5H2,1-3H3. The van der Waals surface area contributed by atoms with Crippen molar-refractivity contribution in [3.63, 3.8) is 0 Å². The van der Waals surface area contributed by atoms with E-state index in [1.807, 2.05) is 13.8 Å². The predicted molar refractivity (Wildman–Crippen MR) is 45.5 cm³/mol. The van der Waals surface area contributed by atoms with Crippen LogP contribution >= 0.6 is 0 Å². The molecule has 0 spiro atoms. The Morgan fingerprint density at radius 3 is 2.27 bits per heavy atom. The lowest BCUT2D eigenvalue weighted by Crippen LogP contribution is -2.41. The molecule has 0 saturated carbocycles. The molecule has 1 unspecified atom stereocenters. The second-order valence-corrected chi connectivity index (χ2v) is 3.96. The highest BCUT2D eigenvalue weighted by molar-refractivity contribution is 7.87. The van der Waals surface area contributed by atoms with Gasteiger partial charge in [-0.15, -0.1) is 0 Å². The van der Waals surface area contributed by atoms with Crippen molar-refractivity contribution in [3.05, 3.63) is 0 Å². The van der Waals surface area contributed by atoms with E-state index in [1.54, 1.807) is 6.92 Å². The van der Waals surface area contributed by atoms with Gasteiger partial charge in [0, 0.05) is 12.6 Å². The maximum Gasteiger partial charge on any atom is 0.277 e. The van der Waals surface area contributed by atoms with Crippen molar-refractivity contribution in [2.45, 2.75) is 33.2 Å². The summed E-state index contributed by atoms with van der Waals surface area (Å²) in [6, 6.07) is -0.000880. The minimum Gasteiger partial charge on any atom is -0.203 e. The molecular weight excluding hydrogens is 164 g/mol. The fraction of sp³-hybridized carbons (Fsp3) is 1.00. The summed E-state index contributed by atoms with van der Waals surface area (Å²) >= 11 is 0. The van der Waals surface area contributed by atoms with E-state index in [-0.39, 0.29) is 6.04 Å². The van der Waals surface area contributed by atoms with Crippen LogP contribution in [0.5, 0.6) is 0 Å². The Morgan fingerprint density at radius 2 is 1.91 bits per heavy atom. The van der Waals surface area contributed by atoms with Gasteiger partial charge in [-0.2, -0.15) is 13.1 Å². The Kier molecular flexibility index (Phi) is 4.63. The van der Waals surface area contributed by atoms with Crippen molar-refractivity contribution in [1.82, 2.24) is 9.44 Å². The van der Waals surface area contributed by atoms with Gasteiger partial charge in [0.15, 0.2) is 0 Å². The van der Waals surface area contributed by atoms with Gasteiger partial charge >= 0.3 is 0 Å². The molecule has 2 N–H and O–H groups in total. The first-order chi connectivity index (χ1) is 5.02. The molecule has 1 atom stereocenters. The highest BCUT2D eigenvalue weighted by Gasteiger charge is 2.09. The van der Waals surface area contributed by atoms with E-state index in [2.05, 4.69) is 9.44 Å². The third kappa shape index (κ3) is 5.17. The van der Waals surface area contributed by atoms with Crippen LogP contribution in [0, 0.1) is 0 Å². The highest BCUT2D eigenvalue weighted by atomic mass is 32.2. The van der Waals surface area contributed by atoms with Gasteiger partial charge < -0.3 is 0 Å². The lowest BCUT2D eigenvalue weighted by Gasteiger charge is -2.11. The van der Waals surface area contributed by atoms with Gasteiger partial charge in [0.25, 0.3) is 10.2 Å². The summed E-state index contributed by atoms with van der Waals surface area (Å²) in [5.74, 6) is 0. The molecule has 4 nitrogen and oxygen atoms in total. The van der Waals surface area contributed by atoms with Crippen LogP contribution < -0.4 is 9.44 Å². The van der Waals surface area contributed by atoms with Gasteiger partial charge in [-0.25, -0.2) is 4.72 Å². The number of nitrogens with one attached hydrogen (secondary N) is 2. The highest BCUT2D eigenvalue weighted by Crippen LogP contribution is 1.89. The van der Waals surface area contributed by atoms with Crippen LogP contribution in [0.15, 0.2) is 0 Å². The molecule has 68 valence electrons. The lowest BCUT2D eigenvalue weighted by molar-refractivity contribution is 0.544. The Hall–Kier alpha value is -0.130. The molecule has 0 amide bonds. The first-order valence-electron chi connectivity index (χ1n) is 3.78. The van der Waals surface area contributed by atoms with Gasteiger partial charge in [0.1, 0.15) is 0 Å². The molecule has 0 radical (unpaired) electrons. The summed E-state index contributed by atoms with van der Waals surface area (Å²) in [5, 5.41) is 0. The average Bonchev–Trinajstić information content (AvgIpc) is 1.86. The summed E-state index contributed by atoms with van der Waals surface area (Å²) in [4.78, 5) is 0. The number of rotatable bonds is 5. The summed E-state index contributed by atoms with van der Waals surface area (Å²) in [5.41, 5.74) is 0. The molecule has 0 aliphatic heterocycles. The van der Waals surface area contributed by atoms with E-state index >= 15 is 0 Å². The van der Waals surface area contributed by atoms with Crippen molar-refractivity contribution < 1.29 is 8.42 Å². The smallest absolute Gasteiger partial charge is 0.203 e. The van der Waals surface area contributed by atoms with Gasteiger partial charge in [0.2, 0.25) is 0 Å². The molecule has 0 aliphatic rings. The molecule has 5 heteroatoms. The fourth-order valence-electron chi connectivity index (χ4n) is 0.580. The Balaban J connectivity index is 3.92. The largest absolute Gasteiger partial charge is 0.277 e. The molecule has 0 aromatic rings. The van der Waals surface area contributed by atoms with Gasteiger partial charge in [0.05, 0.1) is 0 Å². The average molecular weight is 180 g/mol. The predicted octanol–water partition coefficient (Wildman–Crippen LogP) is 0.229. The minimum absolute atomic E-state index is 0.000880. The van der Waals surface area contributed by atoms with Crippen LogP contribution in [-0.4, -0.2) is 21.0 Å². The molecule has 0 fully saturated rings. The van der Waals surface area contributed by atoms with Gasteiger partial charge in [-0.05, 0) is 13.3 Å². The topological polar surface area (TPSA) is 58.2 Å². The molecule has 0 bridgehead atoms. The first kappa shape index (κ1) is 10.9. The quantitative estimate of drug-likeness (QED) is 0.636. The monoisotopic (exact) mass is 180 g/mol. The first-order valence-corrected chi connectivity index (χ1v) is 5.27. The molecule has 0 aromatic carbocycles. The van der Waals surface area contributed by atoms with Crippen LogP contribution in [0.25, 0.3) is 0 Å². The van der Waals surface area contributed by atoms with Crippen molar-refractivity contribution in [2.24, 2.45) is 0 Å². The van der Waals surface area contributed by atoms with Crippen LogP contribution in [0.3, 0.4) is 0 Å².